The quantitative estimate of drug-likeness (QED) is 0.850. The monoisotopic (exact) mass is 287 g/mol. The van der Waals surface area contributed by atoms with E-state index in [9.17, 15) is 9.18 Å². The zero-order valence-electron chi connectivity index (χ0n) is 12.1. The maximum atomic E-state index is 13.0. The van der Waals surface area contributed by atoms with Crippen LogP contribution in [-0.2, 0) is 6.54 Å². The lowest BCUT2D eigenvalue weighted by atomic mass is 10.1. The molecule has 0 aliphatic heterocycles. The molecule has 0 atom stereocenters. The van der Waals surface area contributed by atoms with Gasteiger partial charge in [0.15, 0.2) is 0 Å². The largest absolute Gasteiger partial charge is 0.398 e. The first-order valence-corrected chi connectivity index (χ1v) is 6.56. The van der Waals surface area contributed by atoms with Gasteiger partial charge < -0.3 is 16.0 Å². The van der Waals surface area contributed by atoms with Gasteiger partial charge in [0.2, 0.25) is 0 Å². The van der Waals surface area contributed by atoms with Gasteiger partial charge in [-0.15, -0.1) is 0 Å². The van der Waals surface area contributed by atoms with Crippen molar-refractivity contribution in [1.82, 2.24) is 4.90 Å². The van der Waals surface area contributed by atoms with E-state index >= 15 is 0 Å². The van der Waals surface area contributed by atoms with Gasteiger partial charge in [0.1, 0.15) is 5.82 Å². The molecule has 1 amide bonds. The summed E-state index contributed by atoms with van der Waals surface area (Å²) in [5.74, 6) is -0.813. The van der Waals surface area contributed by atoms with Gasteiger partial charge in [-0.3, -0.25) is 4.79 Å². The molecule has 3 N–H and O–H groups in total. The number of amides is 1. The highest BCUT2D eigenvalue weighted by atomic mass is 19.1. The van der Waals surface area contributed by atoms with Crippen molar-refractivity contribution < 1.29 is 9.18 Å². The molecule has 0 fully saturated rings. The predicted octanol–water partition coefficient (Wildman–Crippen LogP) is 2.72. The van der Waals surface area contributed by atoms with E-state index in [-0.39, 0.29) is 17.2 Å². The molecule has 0 heterocycles. The van der Waals surface area contributed by atoms with Crippen LogP contribution in [0.2, 0.25) is 0 Å². The Bertz CT molecular complexity index is 656. The van der Waals surface area contributed by atoms with E-state index in [0.29, 0.717) is 5.69 Å². The van der Waals surface area contributed by atoms with Gasteiger partial charge in [-0.05, 0) is 50.0 Å². The Morgan fingerprint density at radius 2 is 2.00 bits per heavy atom. The maximum Gasteiger partial charge on any atom is 0.257 e. The van der Waals surface area contributed by atoms with Crippen LogP contribution in [0.3, 0.4) is 0 Å². The number of benzene rings is 2. The highest BCUT2D eigenvalue weighted by Gasteiger charge is 2.11. The number of nitrogens with one attached hydrogen (secondary N) is 1. The predicted molar refractivity (Wildman–Crippen MR) is 82.6 cm³/mol. The van der Waals surface area contributed by atoms with Crippen LogP contribution in [0.15, 0.2) is 42.5 Å². The summed E-state index contributed by atoms with van der Waals surface area (Å²) < 4.78 is 13.0. The Morgan fingerprint density at radius 1 is 1.24 bits per heavy atom. The highest BCUT2D eigenvalue weighted by molar-refractivity contribution is 6.07. The minimum absolute atomic E-state index is 0.122. The molecular weight excluding hydrogens is 269 g/mol. The third-order valence-electron chi connectivity index (χ3n) is 2.94. The van der Waals surface area contributed by atoms with E-state index in [1.807, 2.05) is 37.2 Å². The molecule has 0 aliphatic carbocycles. The van der Waals surface area contributed by atoms with Gasteiger partial charge in [0, 0.05) is 17.9 Å². The number of hydrogen-bond acceptors (Lipinski definition) is 3. The molecule has 0 radical (unpaired) electrons. The number of nitrogens with zero attached hydrogens (tertiary/aromatic N) is 1. The van der Waals surface area contributed by atoms with Crippen LogP contribution in [-0.4, -0.2) is 24.9 Å². The van der Waals surface area contributed by atoms with Crippen molar-refractivity contribution in [2.45, 2.75) is 6.54 Å². The van der Waals surface area contributed by atoms with Gasteiger partial charge in [0.05, 0.1) is 5.56 Å². The molecule has 0 bridgehead atoms. The Kier molecular flexibility index (Phi) is 4.55. The molecule has 2 aromatic carbocycles. The Labute approximate surface area is 123 Å². The summed E-state index contributed by atoms with van der Waals surface area (Å²) in [6.07, 6.45) is 0. The van der Waals surface area contributed by atoms with Crippen molar-refractivity contribution in [3.05, 3.63) is 59.4 Å². The normalized spacial score (nSPS) is 10.7. The van der Waals surface area contributed by atoms with E-state index in [4.69, 9.17) is 5.73 Å². The van der Waals surface area contributed by atoms with Crippen LogP contribution in [0.1, 0.15) is 15.9 Å². The first-order valence-electron chi connectivity index (χ1n) is 6.56. The lowest BCUT2D eigenvalue weighted by Gasteiger charge is -2.12. The number of carbonyl (C=O) groups excluding carboxylic acids is 1. The van der Waals surface area contributed by atoms with E-state index in [0.717, 1.165) is 18.2 Å². The fourth-order valence-corrected chi connectivity index (χ4v) is 2.05. The van der Waals surface area contributed by atoms with Crippen LogP contribution in [0, 0.1) is 5.82 Å². The lowest BCUT2D eigenvalue weighted by molar-refractivity contribution is 0.102. The zero-order valence-corrected chi connectivity index (χ0v) is 12.1. The molecule has 21 heavy (non-hydrogen) atoms. The van der Waals surface area contributed by atoms with Crippen molar-refractivity contribution in [3.8, 4) is 0 Å². The van der Waals surface area contributed by atoms with Crippen LogP contribution in [0.25, 0.3) is 0 Å². The molecule has 0 aliphatic rings. The standard InChI is InChI=1S/C16H18FN3O/c1-20(2)10-11-4-3-5-13(8-11)19-16(21)14-7-6-12(17)9-15(14)18/h3-9H,10,18H2,1-2H3,(H,19,21). The number of halogens is 1. The highest BCUT2D eigenvalue weighted by Crippen LogP contribution is 2.17. The lowest BCUT2D eigenvalue weighted by Crippen LogP contribution is -2.15. The van der Waals surface area contributed by atoms with Crippen LogP contribution >= 0.6 is 0 Å². The molecule has 2 aromatic rings. The van der Waals surface area contributed by atoms with Gasteiger partial charge >= 0.3 is 0 Å². The summed E-state index contributed by atoms with van der Waals surface area (Å²) in [4.78, 5) is 14.2. The van der Waals surface area contributed by atoms with Gasteiger partial charge in [0.25, 0.3) is 5.91 Å². The summed E-state index contributed by atoms with van der Waals surface area (Å²) in [6, 6.07) is 11.3. The zero-order chi connectivity index (χ0) is 15.4. The smallest absolute Gasteiger partial charge is 0.257 e. The first kappa shape index (κ1) is 15.0. The number of rotatable bonds is 4. The van der Waals surface area contributed by atoms with Crippen molar-refractivity contribution in [1.29, 1.82) is 0 Å². The second-order valence-corrected chi connectivity index (χ2v) is 5.12. The van der Waals surface area contributed by atoms with Crippen molar-refractivity contribution in [2.24, 2.45) is 0 Å². The molecule has 0 unspecified atom stereocenters. The van der Waals surface area contributed by atoms with Crippen LogP contribution in [0.4, 0.5) is 15.8 Å². The fourth-order valence-electron chi connectivity index (χ4n) is 2.05. The average Bonchev–Trinajstić information content (AvgIpc) is 2.37. The van der Waals surface area contributed by atoms with Crippen molar-refractivity contribution in [3.63, 3.8) is 0 Å². The second kappa shape index (κ2) is 6.37. The van der Waals surface area contributed by atoms with E-state index in [1.165, 1.54) is 12.1 Å². The molecule has 0 saturated carbocycles. The molecule has 5 heteroatoms. The Morgan fingerprint density at radius 3 is 2.67 bits per heavy atom. The number of nitrogen functional groups attached to an aromatic ring is 1. The Balaban J connectivity index is 2.15. The molecule has 110 valence electrons. The summed E-state index contributed by atoms with van der Waals surface area (Å²) in [7, 11) is 3.95. The van der Waals surface area contributed by atoms with Gasteiger partial charge in [-0.25, -0.2) is 4.39 Å². The molecule has 0 saturated heterocycles. The minimum Gasteiger partial charge on any atom is -0.398 e. The molecular formula is C16H18FN3O. The van der Waals surface area contributed by atoms with Crippen LogP contribution < -0.4 is 11.1 Å². The number of carbonyl (C=O) groups is 1. The van der Waals surface area contributed by atoms with E-state index in [2.05, 4.69) is 5.32 Å². The number of nitrogens with two attached hydrogens (primary N) is 1. The summed E-state index contributed by atoms with van der Waals surface area (Å²) in [5, 5.41) is 2.77. The average molecular weight is 287 g/mol. The molecule has 2 rings (SSSR count). The molecule has 4 nitrogen and oxygen atoms in total. The molecule has 0 spiro atoms. The fraction of sp³-hybridized carbons (Fsp3) is 0.188. The van der Waals surface area contributed by atoms with Crippen molar-refractivity contribution >= 4 is 17.3 Å². The molecule has 0 aromatic heterocycles. The van der Waals surface area contributed by atoms with E-state index in [1.54, 1.807) is 6.07 Å². The SMILES string of the molecule is CN(C)Cc1cccc(NC(=O)c2ccc(F)cc2N)c1. The Hall–Kier alpha value is -2.40. The second-order valence-electron chi connectivity index (χ2n) is 5.12. The summed E-state index contributed by atoms with van der Waals surface area (Å²) in [5.41, 5.74) is 7.82. The van der Waals surface area contributed by atoms with Gasteiger partial charge in [-0.1, -0.05) is 12.1 Å². The first-order chi connectivity index (χ1) is 9.95. The third-order valence-corrected chi connectivity index (χ3v) is 2.94. The van der Waals surface area contributed by atoms with Gasteiger partial charge in [-0.2, -0.15) is 0 Å². The number of anilines is 2. The third kappa shape index (κ3) is 4.03. The maximum absolute atomic E-state index is 13.0. The summed E-state index contributed by atoms with van der Waals surface area (Å²) in [6.45, 7) is 0.780. The van der Waals surface area contributed by atoms with Crippen molar-refractivity contribution in [2.75, 3.05) is 25.1 Å². The number of hydrogen-bond donors (Lipinski definition) is 2. The topological polar surface area (TPSA) is 58.4 Å². The van der Waals surface area contributed by atoms with Crippen LogP contribution in [0.5, 0.6) is 0 Å². The summed E-state index contributed by atoms with van der Waals surface area (Å²) >= 11 is 0. The minimum atomic E-state index is -0.461. The van der Waals surface area contributed by atoms with E-state index < -0.39 is 5.82 Å².